The Balaban J connectivity index is 0.00000208. The zero-order chi connectivity index (χ0) is 16.4. The van der Waals surface area contributed by atoms with Crippen LogP contribution in [0.2, 0.25) is 0 Å². The topological polar surface area (TPSA) is 90.5 Å². The van der Waals surface area contributed by atoms with Crippen molar-refractivity contribution in [3.05, 3.63) is 36.7 Å². The standard InChI is InChI=1S/C15H20N4O3S.ClH/c1-22-15-7-3-2-6-14(15)18-11-13(10-17-18)23(20,21)19-8-4-5-12(19)9-16;/h2-3,6-7,10-12H,4-5,8-9,16H2,1H3;1H. The van der Waals surface area contributed by atoms with Crippen molar-refractivity contribution >= 4 is 22.4 Å². The van der Waals surface area contributed by atoms with Crippen molar-refractivity contribution in [3.63, 3.8) is 0 Å². The lowest BCUT2D eigenvalue weighted by Crippen LogP contribution is -2.39. The van der Waals surface area contributed by atoms with Gasteiger partial charge in [0.2, 0.25) is 10.0 Å². The van der Waals surface area contributed by atoms with Gasteiger partial charge in [0.1, 0.15) is 16.3 Å². The van der Waals surface area contributed by atoms with E-state index in [4.69, 9.17) is 10.5 Å². The summed E-state index contributed by atoms with van der Waals surface area (Å²) in [5.74, 6) is 0.626. The smallest absolute Gasteiger partial charge is 0.246 e. The number of nitrogens with zero attached hydrogens (tertiary/aromatic N) is 3. The fourth-order valence-electron chi connectivity index (χ4n) is 2.89. The lowest BCUT2D eigenvalue weighted by atomic mass is 10.2. The van der Waals surface area contributed by atoms with Gasteiger partial charge >= 0.3 is 0 Å². The minimum Gasteiger partial charge on any atom is -0.494 e. The average Bonchev–Trinajstić information content (AvgIpc) is 3.24. The molecule has 2 aromatic rings. The molecule has 7 nitrogen and oxygen atoms in total. The molecule has 1 aromatic carbocycles. The molecule has 2 N–H and O–H groups in total. The van der Waals surface area contributed by atoms with Crippen LogP contribution >= 0.6 is 12.4 Å². The van der Waals surface area contributed by atoms with Crippen molar-refractivity contribution in [1.82, 2.24) is 14.1 Å². The fraction of sp³-hybridized carbons (Fsp3) is 0.400. The number of sulfonamides is 1. The highest BCUT2D eigenvalue weighted by Crippen LogP contribution is 2.27. The van der Waals surface area contributed by atoms with Gasteiger partial charge in [-0.05, 0) is 25.0 Å². The predicted octanol–water partition coefficient (Wildman–Crippen LogP) is 1.41. The number of rotatable bonds is 5. The Bertz CT molecular complexity index is 794. The number of hydrogen-bond donors (Lipinski definition) is 1. The molecule has 9 heteroatoms. The molecule has 1 atom stereocenters. The third kappa shape index (κ3) is 3.27. The third-order valence-electron chi connectivity index (χ3n) is 4.09. The van der Waals surface area contributed by atoms with Gasteiger partial charge in [0.25, 0.3) is 0 Å². The molecule has 0 spiro atoms. The summed E-state index contributed by atoms with van der Waals surface area (Å²) in [6, 6.07) is 7.18. The number of aromatic nitrogens is 2. The Kier molecular flexibility index (Phi) is 5.87. The van der Waals surface area contributed by atoms with Crippen LogP contribution in [0.25, 0.3) is 5.69 Å². The minimum atomic E-state index is -3.58. The second kappa shape index (κ2) is 7.52. The highest BCUT2D eigenvalue weighted by Gasteiger charge is 2.35. The van der Waals surface area contributed by atoms with E-state index in [0.717, 1.165) is 12.8 Å². The van der Waals surface area contributed by atoms with Gasteiger partial charge in [-0.25, -0.2) is 13.1 Å². The van der Waals surface area contributed by atoms with Gasteiger partial charge in [-0.2, -0.15) is 9.40 Å². The fourth-order valence-corrected chi connectivity index (χ4v) is 4.52. The monoisotopic (exact) mass is 372 g/mol. The summed E-state index contributed by atoms with van der Waals surface area (Å²) in [6.07, 6.45) is 4.52. The lowest BCUT2D eigenvalue weighted by Gasteiger charge is -2.21. The van der Waals surface area contributed by atoms with E-state index in [2.05, 4.69) is 5.10 Å². The third-order valence-corrected chi connectivity index (χ3v) is 6.00. The largest absolute Gasteiger partial charge is 0.494 e. The first-order valence-corrected chi connectivity index (χ1v) is 8.92. The SMILES string of the molecule is COc1ccccc1-n1cc(S(=O)(=O)N2CCCC2CN)cn1.Cl. The van der Waals surface area contributed by atoms with Crippen LogP contribution in [-0.2, 0) is 10.0 Å². The van der Waals surface area contributed by atoms with Gasteiger partial charge in [-0.1, -0.05) is 12.1 Å². The normalized spacial score (nSPS) is 18.3. The maximum atomic E-state index is 12.8. The zero-order valence-electron chi connectivity index (χ0n) is 13.3. The Morgan fingerprint density at radius 2 is 2.12 bits per heavy atom. The molecule has 132 valence electrons. The Labute approximate surface area is 147 Å². The van der Waals surface area contributed by atoms with Gasteiger partial charge in [-0.3, -0.25) is 0 Å². The molecular weight excluding hydrogens is 352 g/mol. The van der Waals surface area contributed by atoms with Crippen LogP contribution in [0.1, 0.15) is 12.8 Å². The summed E-state index contributed by atoms with van der Waals surface area (Å²) >= 11 is 0. The van der Waals surface area contributed by atoms with E-state index in [0.29, 0.717) is 24.5 Å². The van der Waals surface area contributed by atoms with Crippen LogP contribution in [0.4, 0.5) is 0 Å². The molecule has 1 aliphatic heterocycles. The zero-order valence-corrected chi connectivity index (χ0v) is 15.0. The number of hydrogen-bond acceptors (Lipinski definition) is 5. The summed E-state index contributed by atoms with van der Waals surface area (Å²) < 4.78 is 33.9. The molecule has 3 rings (SSSR count). The van der Waals surface area contributed by atoms with Crippen LogP contribution in [-0.4, -0.2) is 48.7 Å². The minimum absolute atomic E-state index is 0. The van der Waals surface area contributed by atoms with Crippen LogP contribution in [0.5, 0.6) is 5.75 Å². The summed E-state index contributed by atoms with van der Waals surface area (Å²) in [7, 11) is -2.01. The molecule has 0 radical (unpaired) electrons. The molecule has 0 bridgehead atoms. The lowest BCUT2D eigenvalue weighted by molar-refractivity contribution is 0.393. The van der Waals surface area contributed by atoms with E-state index in [-0.39, 0.29) is 23.3 Å². The maximum Gasteiger partial charge on any atom is 0.246 e. The van der Waals surface area contributed by atoms with Crippen LogP contribution < -0.4 is 10.5 Å². The second-order valence-corrected chi connectivity index (χ2v) is 7.33. The van der Waals surface area contributed by atoms with Crippen molar-refractivity contribution in [2.24, 2.45) is 5.73 Å². The molecular formula is C15H21ClN4O3S. The molecule has 0 saturated carbocycles. The molecule has 2 heterocycles. The highest BCUT2D eigenvalue weighted by atomic mass is 35.5. The summed E-state index contributed by atoms with van der Waals surface area (Å²) in [6.45, 7) is 0.837. The molecule has 0 amide bonds. The van der Waals surface area contributed by atoms with E-state index >= 15 is 0 Å². The van der Waals surface area contributed by atoms with Crippen LogP contribution in [0, 0.1) is 0 Å². The number of methoxy groups -OCH3 is 1. The van der Waals surface area contributed by atoms with Gasteiger partial charge < -0.3 is 10.5 Å². The van der Waals surface area contributed by atoms with Gasteiger partial charge in [-0.15, -0.1) is 12.4 Å². The van der Waals surface area contributed by atoms with Crippen molar-refractivity contribution in [2.75, 3.05) is 20.2 Å². The molecule has 0 aliphatic carbocycles. The first kappa shape index (κ1) is 18.7. The Morgan fingerprint density at radius 3 is 2.83 bits per heavy atom. The Hall–Kier alpha value is -1.61. The summed E-state index contributed by atoms with van der Waals surface area (Å²) in [5, 5.41) is 4.18. The van der Waals surface area contributed by atoms with E-state index in [9.17, 15) is 8.42 Å². The Morgan fingerprint density at radius 1 is 1.38 bits per heavy atom. The van der Waals surface area contributed by atoms with Gasteiger partial charge in [0.05, 0.1) is 19.5 Å². The van der Waals surface area contributed by atoms with Gasteiger partial charge in [0, 0.05) is 19.1 Å². The van der Waals surface area contributed by atoms with E-state index in [1.165, 1.54) is 21.4 Å². The van der Waals surface area contributed by atoms with E-state index < -0.39 is 10.0 Å². The van der Waals surface area contributed by atoms with E-state index in [1.54, 1.807) is 13.2 Å². The average molecular weight is 373 g/mol. The summed E-state index contributed by atoms with van der Waals surface area (Å²) in [5.41, 5.74) is 6.38. The molecule has 1 aliphatic rings. The van der Waals surface area contributed by atoms with Crippen LogP contribution in [0.3, 0.4) is 0 Å². The number of halogens is 1. The quantitative estimate of drug-likeness (QED) is 0.857. The second-order valence-electron chi connectivity index (χ2n) is 5.44. The summed E-state index contributed by atoms with van der Waals surface area (Å²) in [4.78, 5) is 0.170. The van der Waals surface area contributed by atoms with Crippen LogP contribution in [0.15, 0.2) is 41.6 Å². The van der Waals surface area contributed by atoms with Crippen molar-refractivity contribution in [1.29, 1.82) is 0 Å². The first-order valence-electron chi connectivity index (χ1n) is 7.48. The molecule has 1 unspecified atom stereocenters. The van der Waals surface area contributed by atoms with Gasteiger partial charge in [0.15, 0.2) is 0 Å². The number of nitrogens with two attached hydrogens (primary N) is 1. The molecule has 24 heavy (non-hydrogen) atoms. The number of benzene rings is 1. The van der Waals surface area contributed by atoms with Crippen molar-refractivity contribution in [2.45, 2.75) is 23.8 Å². The number of para-hydroxylation sites is 2. The first-order chi connectivity index (χ1) is 11.1. The van der Waals surface area contributed by atoms with E-state index in [1.807, 2.05) is 18.2 Å². The maximum absolute atomic E-state index is 12.8. The predicted molar refractivity (Wildman–Crippen MR) is 93.3 cm³/mol. The number of ether oxygens (including phenoxy) is 1. The van der Waals surface area contributed by atoms with Crippen molar-refractivity contribution < 1.29 is 13.2 Å². The molecule has 1 fully saturated rings. The highest BCUT2D eigenvalue weighted by molar-refractivity contribution is 7.89. The van der Waals surface area contributed by atoms with Crippen molar-refractivity contribution in [3.8, 4) is 11.4 Å². The molecule has 1 saturated heterocycles. The molecule has 1 aromatic heterocycles.